The Morgan fingerprint density at radius 3 is 2.24 bits per heavy atom. The van der Waals surface area contributed by atoms with Crippen molar-refractivity contribution in [3.63, 3.8) is 0 Å². The van der Waals surface area contributed by atoms with Crippen molar-refractivity contribution in [2.45, 2.75) is 18.8 Å². The summed E-state index contributed by atoms with van der Waals surface area (Å²) in [6.07, 6.45) is 1.67. The third-order valence-corrected chi connectivity index (χ3v) is 7.54. The number of benzene rings is 3. The lowest BCUT2D eigenvalue weighted by atomic mass is 10.1. The smallest absolute Gasteiger partial charge is 0.399 e. The number of halogens is 3. The second kappa shape index (κ2) is 10.8. The molecule has 0 radical (unpaired) electrons. The molecule has 0 unspecified atom stereocenters. The minimum atomic E-state index is -5.75. The van der Waals surface area contributed by atoms with E-state index in [4.69, 9.17) is 14.5 Å². The fourth-order valence-electron chi connectivity index (χ4n) is 3.94. The molecule has 198 valence electrons. The van der Waals surface area contributed by atoms with Crippen LogP contribution in [0.5, 0.6) is 0 Å². The van der Waals surface area contributed by atoms with Crippen LogP contribution in [-0.4, -0.2) is 32.0 Å². The van der Waals surface area contributed by atoms with Crippen LogP contribution in [0, 0.1) is 0 Å². The van der Waals surface area contributed by atoms with Gasteiger partial charge >= 0.3 is 24.9 Å². The number of alkyl halides is 2. The van der Waals surface area contributed by atoms with E-state index in [1.807, 2.05) is 30.3 Å². The summed E-state index contributed by atoms with van der Waals surface area (Å²) in [4.78, 5) is 43.5. The van der Waals surface area contributed by atoms with E-state index in [9.17, 15) is 22.9 Å². The van der Waals surface area contributed by atoms with Crippen molar-refractivity contribution in [2.24, 2.45) is 0 Å². The first-order chi connectivity index (χ1) is 17.9. The fraction of sp³-hybridized carbons (Fsp3) is 0.154. The van der Waals surface area contributed by atoms with E-state index in [1.54, 1.807) is 30.5 Å². The van der Waals surface area contributed by atoms with Gasteiger partial charge in [0.1, 0.15) is 0 Å². The molecule has 2 N–H and O–H groups in total. The van der Waals surface area contributed by atoms with E-state index in [2.05, 4.69) is 15.9 Å². The summed E-state index contributed by atoms with van der Waals surface area (Å²) in [6, 6.07) is 19.3. The number of ether oxygens (including phenoxy) is 1. The van der Waals surface area contributed by atoms with Gasteiger partial charge < -0.3 is 14.5 Å². The van der Waals surface area contributed by atoms with Crippen LogP contribution in [0.25, 0.3) is 11.3 Å². The molecule has 0 aliphatic heterocycles. The molecular weight excluding hydrogens is 585 g/mol. The van der Waals surface area contributed by atoms with Crippen molar-refractivity contribution in [3.8, 4) is 11.3 Å². The van der Waals surface area contributed by atoms with Crippen LogP contribution in [0.1, 0.15) is 27.0 Å². The van der Waals surface area contributed by atoms with Gasteiger partial charge in [-0.15, -0.1) is 0 Å². The number of nitrogens with zero attached hydrogens (tertiary/aromatic N) is 2. The molecule has 1 aromatic heterocycles. The van der Waals surface area contributed by atoms with E-state index in [0.29, 0.717) is 22.4 Å². The standard InChI is InChI=1S/C26H22BrF2N2O6P/c1-37-24(32)20-10-8-19(9-11-20)23-16-30(14-17-5-3-2-4-6-17)25(33)31(23)15-18-7-12-21(22(27)13-18)26(28,29)38(34,35)36/h2-13,16H,14-15H2,1H3,(H2,34,35,36). The molecule has 4 rings (SSSR count). The predicted octanol–water partition coefficient (Wildman–Crippen LogP) is 5.19. The molecule has 0 fully saturated rings. The van der Waals surface area contributed by atoms with Gasteiger partial charge in [0.2, 0.25) is 0 Å². The zero-order chi connectivity index (χ0) is 27.7. The number of carbonyl (C=O) groups is 1. The number of aromatic nitrogens is 2. The molecule has 0 saturated heterocycles. The molecule has 0 aliphatic rings. The third kappa shape index (κ3) is 5.56. The summed E-state index contributed by atoms with van der Waals surface area (Å²) in [7, 11) is -4.48. The summed E-state index contributed by atoms with van der Waals surface area (Å²) in [6.45, 7) is 0.270. The lowest BCUT2D eigenvalue weighted by Gasteiger charge is -2.19. The van der Waals surface area contributed by atoms with Gasteiger partial charge in [-0.1, -0.05) is 70.5 Å². The van der Waals surface area contributed by atoms with Crippen molar-refractivity contribution in [1.82, 2.24) is 9.13 Å². The van der Waals surface area contributed by atoms with E-state index in [0.717, 1.165) is 11.6 Å². The molecule has 12 heteroatoms. The summed E-state index contributed by atoms with van der Waals surface area (Å²) in [5.74, 6) is -0.507. The Morgan fingerprint density at radius 1 is 1.00 bits per heavy atom. The van der Waals surface area contributed by atoms with Crippen LogP contribution in [0.3, 0.4) is 0 Å². The van der Waals surface area contributed by atoms with E-state index in [-0.39, 0.29) is 23.3 Å². The number of hydrogen-bond acceptors (Lipinski definition) is 4. The zero-order valence-electron chi connectivity index (χ0n) is 19.9. The quantitative estimate of drug-likeness (QED) is 0.211. The average Bonchev–Trinajstić information content (AvgIpc) is 3.18. The topological polar surface area (TPSA) is 111 Å². The van der Waals surface area contributed by atoms with Crippen molar-refractivity contribution >= 4 is 29.5 Å². The fourth-order valence-corrected chi connectivity index (χ4v) is 5.28. The van der Waals surface area contributed by atoms with Crippen LogP contribution < -0.4 is 5.69 Å². The molecule has 38 heavy (non-hydrogen) atoms. The Balaban J connectivity index is 1.76. The molecule has 0 aliphatic carbocycles. The maximum absolute atomic E-state index is 14.3. The molecule has 0 atom stereocenters. The number of esters is 1. The van der Waals surface area contributed by atoms with E-state index >= 15 is 0 Å². The number of hydrogen-bond donors (Lipinski definition) is 2. The van der Waals surface area contributed by atoms with Gasteiger partial charge in [-0.05, 0) is 34.9 Å². The average molecular weight is 607 g/mol. The highest BCUT2D eigenvalue weighted by Crippen LogP contribution is 2.60. The molecule has 1 heterocycles. The summed E-state index contributed by atoms with van der Waals surface area (Å²) in [5, 5.41) is 0. The summed E-state index contributed by atoms with van der Waals surface area (Å²) >= 11 is 2.99. The Labute approximate surface area is 224 Å². The van der Waals surface area contributed by atoms with E-state index < -0.39 is 24.8 Å². The highest BCUT2D eigenvalue weighted by atomic mass is 79.9. The minimum Gasteiger partial charge on any atom is -0.465 e. The maximum atomic E-state index is 14.3. The first-order valence-electron chi connectivity index (χ1n) is 11.2. The highest BCUT2D eigenvalue weighted by molar-refractivity contribution is 9.10. The number of imidazole rings is 1. The van der Waals surface area contributed by atoms with Crippen molar-refractivity contribution in [2.75, 3.05) is 7.11 Å². The summed E-state index contributed by atoms with van der Waals surface area (Å²) < 4.78 is 47.4. The molecular formula is C26H22BrF2N2O6P. The number of methoxy groups -OCH3 is 1. The first-order valence-corrected chi connectivity index (χ1v) is 13.6. The zero-order valence-corrected chi connectivity index (χ0v) is 22.4. The second-order valence-electron chi connectivity index (χ2n) is 8.46. The first kappa shape index (κ1) is 27.7. The lowest BCUT2D eigenvalue weighted by Crippen LogP contribution is -2.25. The number of carbonyl (C=O) groups excluding carboxylic acids is 1. The highest BCUT2D eigenvalue weighted by Gasteiger charge is 2.51. The van der Waals surface area contributed by atoms with Gasteiger partial charge in [0.05, 0.1) is 31.5 Å². The van der Waals surface area contributed by atoms with Crippen molar-refractivity contribution in [1.29, 1.82) is 0 Å². The minimum absolute atomic E-state index is 0.0188. The Morgan fingerprint density at radius 2 is 1.66 bits per heavy atom. The van der Waals surface area contributed by atoms with Gasteiger partial charge in [-0.2, -0.15) is 8.78 Å². The molecule has 0 bridgehead atoms. The Bertz CT molecular complexity index is 1580. The monoisotopic (exact) mass is 606 g/mol. The molecule has 8 nitrogen and oxygen atoms in total. The van der Waals surface area contributed by atoms with Gasteiger partial charge in [-0.25, -0.2) is 9.59 Å². The van der Waals surface area contributed by atoms with Crippen molar-refractivity contribution < 1.29 is 32.7 Å². The molecule has 3 aromatic carbocycles. The second-order valence-corrected chi connectivity index (χ2v) is 11.0. The Kier molecular flexibility index (Phi) is 7.85. The third-order valence-electron chi connectivity index (χ3n) is 5.91. The number of rotatable bonds is 8. The molecule has 0 spiro atoms. The predicted molar refractivity (Wildman–Crippen MR) is 140 cm³/mol. The van der Waals surface area contributed by atoms with Crippen LogP contribution in [0.4, 0.5) is 8.78 Å². The Hall–Kier alpha value is -3.37. The SMILES string of the molecule is COC(=O)c1ccc(-c2cn(Cc3ccccc3)c(=O)n2Cc2ccc(C(F)(F)P(=O)(O)O)c(Br)c2)cc1. The molecule has 4 aromatic rings. The largest absolute Gasteiger partial charge is 0.465 e. The van der Waals surface area contributed by atoms with Gasteiger partial charge in [-0.3, -0.25) is 13.7 Å². The van der Waals surface area contributed by atoms with Crippen molar-refractivity contribution in [3.05, 3.63) is 116 Å². The van der Waals surface area contributed by atoms with Crippen LogP contribution in [0.2, 0.25) is 0 Å². The van der Waals surface area contributed by atoms with Crippen LogP contribution in [0.15, 0.2) is 88.3 Å². The lowest BCUT2D eigenvalue weighted by molar-refractivity contribution is 0.0557. The van der Waals surface area contributed by atoms with Gasteiger partial charge in [0.15, 0.2) is 0 Å². The summed E-state index contributed by atoms with van der Waals surface area (Å²) in [5.41, 5.74) is -2.79. The molecule has 0 saturated carbocycles. The van der Waals surface area contributed by atoms with Crippen LogP contribution in [-0.2, 0) is 28.1 Å². The van der Waals surface area contributed by atoms with Gasteiger partial charge in [0.25, 0.3) is 0 Å². The maximum Gasteiger partial charge on any atom is 0.399 e. The molecule has 0 amide bonds. The van der Waals surface area contributed by atoms with Crippen LogP contribution >= 0.6 is 23.5 Å². The van der Waals surface area contributed by atoms with E-state index in [1.165, 1.54) is 28.4 Å². The van der Waals surface area contributed by atoms with Gasteiger partial charge in [0, 0.05) is 16.2 Å². The normalized spacial score (nSPS) is 11.9.